The van der Waals surface area contributed by atoms with E-state index in [2.05, 4.69) is 5.32 Å². The highest BCUT2D eigenvalue weighted by atomic mass is 16.5. The Morgan fingerprint density at radius 1 is 1.17 bits per heavy atom. The van der Waals surface area contributed by atoms with Gasteiger partial charge in [-0.1, -0.05) is 0 Å². The number of nitrogens with one attached hydrogen (secondary N) is 1. The predicted octanol–water partition coefficient (Wildman–Crippen LogP) is 0.0433. The van der Waals surface area contributed by atoms with Crippen molar-refractivity contribution in [3.8, 4) is 0 Å². The molecule has 5 nitrogen and oxygen atoms in total. The van der Waals surface area contributed by atoms with Gasteiger partial charge in [-0.05, 0) is 38.0 Å². The molecule has 3 heterocycles. The van der Waals surface area contributed by atoms with Crippen LogP contribution in [-0.4, -0.2) is 47.6 Å². The first-order valence-corrected chi connectivity index (χ1v) is 6.97. The Balaban J connectivity index is 1.55. The Bertz CT molecular complexity index is 407. The van der Waals surface area contributed by atoms with Gasteiger partial charge in [0.1, 0.15) is 12.6 Å². The lowest BCUT2D eigenvalue weighted by molar-refractivity contribution is -0.148. The van der Waals surface area contributed by atoms with Gasteiger partial charge in [-0.25, -0.2) is 0 Å². The van der Waals surface area contributed by atoms with E-state index in [-0.39, 0.29) is 36.5 Å². The normalized spacial score (nSPS) is 43.4. The van der Waals surface area contributed by atoms with Crippen LogP contribution in [0.3, 0.4) is 0 Å². The number of fused-ring (bicyclic) bond motifs is 2. The summed E-state index contributed by atoms with van der Waals surface area (Å²) in [6.07, 6.45) is 5.69. The van der Waals surface area contributed by atoms with Crippen LogP contribution in [0.15, 0.2) is 0 Å². The van der Waals surface area contributed by atoms with Gasteiger partial charge in [-0.3, -0.25) is 9.59 Å². The standard InChI is InChI=1S/C13H18N2O3/c16-11-6-15(9-5-8-3-4-10(9)18-8)13(17)12(14-11)7-1-2-7/h7-10,12H,1-6H2,(H,14,16). The van der Waals surface area contributed by atoms with E-state index >= 15 is 0 Å². The number of carbonyl (C=O) groups excluding carboxylic acids is 2. The van der Waals surface area contributed by atoms with E-state index in [0.29, 0.717) is 12.0 Å². The monoisotopic (exact) mass is 250 g/mol. The number of amides is 2. The molecule has 3 aliphatic heterocycles. The maximum atomic E-state index is 12.5. The molecule has 0 aromatic carbocycles. The molecular weight excluding hydrogens is 232 g/mol. The van der Waals surface area contributed by atoms with Crippen molar-refractivity contribution in [1.29, 1.82) is 0 Å². The van der Waals surface area contributed by atoms with E-state index in [1.807, 2.05) is 0 Å². The maximum absolute atomic E-state index is 12.5. The van der Waals surface area contributed by atoms with E-state index in [9.17, 15) is 9.59 Å². The number of carbonyl (C=O) groups is 2. The Hall–Kier alpha value is -1.10. The van der Waals surface area contributed by atoms with Gasteiger partial charge in [-0.15, -0.1) is 0 Å². The van der Waals surface area contributed by atoms with Gasteiger partial charge >= 0.3 is 0 Å². The highest BCUT2D eigenvalue weighted by molar-refractivity contribution is 5.95. The van der Waals surface area contributed by atoms with Crippen LogP contribution in [0.1, 0.15) is 32.1 Å². The van der Waals surface area contributed by atoms with Crippen LogP contribution >= 0.6 is 0 Å². The van der Waals surface area contributed by atoms with E-state index in [1.54, 1.807) is 4.90 Å². The van der Waals surface area contributed by atoms with Crippen LogP contribution in [0.5, 0.6) is 0 Å². The SMILES string of the molecule is O=C1CN(C2CC3CCC2O3)C(=O)C(C2CC2)N1. The average molecular weight is 250 g/mol. The first-order valence-electron chi connectivity index (χ1n) is 6.97. The number of piperazine rings is 1. The fraction of sp³-hybridized carbons (Fsp3) is 0.846. The lowest BCUT2D eigenvalue weighted by atomic mass is 9.92. The number of hydrogen-bond donors (Lipinski definition) is 1. The minimum atomic E-state index is -0.259. The summed E-state index contributed by atoms with van der Waals surface area (Å²) in [4.78, 5) is 26.0. The minimum Gasteiger partial charge on any atom is -0.373 e. The van der Waals surface area contributed by atoms with Crippen molar-refractivity contribution in [2.24, 2.45) is 5.92 Å². The summed E-state index contributed by atoms with van der Waals surface area (Å²) in [7, 11) is 0. The Morgan fingerprint density at radius 2 is 2.00 bits per heavy atom. The van der Waals surface area contributed by atoms with Crippen LogP contribution < -0.4 is 5.32 Å². The predicted molar refractivity (Wildman–Crippen MR) is 62.7 cm³/mol. The van der Waals surface area contributed by atoms with Crippen molar-refractivity contribution in [2.75, 3.05) is 6.54 Å². The quantitative estimate of drug-likeness (QED) is 0.753. The third-order valence-corrected chi connectivity index (χ3v) is 4.75. The average Bonchev–Trinajstić information content (AvgIpc) is 2.99. The summed E-state index contributed by atoms with van der Waals surface area (Å²) >= 11 is 0. The maximum Gasteiger partial charge on any atom is 0.246 e. The van der Waals surface area contributed by atoms with Gasteiger partial charge in [-0.2, -0.15) is 0 Å². The summed E-state index contributed by atoms with van der Waals surface area (Å²) < 4.78 is 5.81. The molecule has 0 aromatic heterocycles. The molecule has 4 rings (SSSR count). The molecule has 1 N–H and O–H groups in total. The van der Waals surface area contributed by atoms with Crippen molar-refractivity contribution in [1.82, 2.24) is 10.2 Å². The first-order chi connectivity index (χ1) is 8.72. The second-order valence-corrected chi connectivity index (χ2v) is 6.03. The molecule has 3 saturated heterocycles. The molecule has 2 amide bonds. The molecule has 4 unspecified atom stereocenters. The molecule has 5 heteroatoms. The van der Waals surface area contributed by atoms with Crippen LogP contribution in [0.25, 0.3) is 0 Å². The zero-order valence-corrected chi connectivity index (χ0v) is 10.3. The van der Waals surface area contributed by atoms with Crippen molar-refractivity contribution >= 4 is 11.8 Å². The molecule has 4 aliphatic rings. The van der Waals surface area contributed by atoms with Crippen molar-refractivity contribution in [2.45, 2.75) is 56.4 Å². The molecule has 0 spiro atoms. The second kappa shape index (κ2) is 3.70. The summed E-state index contributed by atoms with van der Waals surface area (Å²) in [5, 5.41) is 2.85. The van der Waals surface area contributed by atoms with Crippen LogP contribution in [-0.2, 0) is 14.3 Å². The van der Waals surface area contributed by atoms with Gasteiger partial charge in [0.2, 0.25) is 11.8 Å². The summed E-state index contributed by atoms with van der Waals surface area (Å²) in [5.74, 6) is 0.497. The van der Waals surface area contributed by atoms with Gasteiger partial charge in [0.15, 0.2) is 0 Å². The van der Waals surface area contributed by atoms with Gasteiger partial charge in [0.25, 0.3) is 0 Å². The molecule has 4 atom stereocenters. The number of nitrogens with zero attached hydrogens (tertiary/aromatic N) is 1. The van der Waals surface area contributed by atoms with Gasteiger partial charge in [0, 0.05) is 0 Å². The van der Waals surface area contributed by atoms with E-state index in [4.69, 9.17) is 4.74 Å². The van der Waals surface area contributed by atoms with E-state index < -0.39 is 0 Å². The third kappa shape index (κ3) is 1.56. The summed E-state index contributed by atoms with van der Waals surface area (Å²) in [6.45, 7) is 0.222. The molecule has 98 valence electrons. The lowest BCUT2D eigenvalue weighted by Crippen LogP contribution is -2.62. The third-order valence-electron chi connectivity index (χ3n) is 4.75. The molecule has 1 aliphatic carbocycles. The second-order valence-electron chi connectivity index (χ2n) is 6.03. The Kier molecular flexibility index (Phi) is 2.22. The topological polar surface area (TPSA) is 58.6 Å². The Morgan fingerprint density at radius 3 is 2.61 bits per heavy atom. The smallest absolute Gasteiger partial charge is 0.246 e. The van der Waals surface area contributed by atoms with Gasteiger partial charge < -0.3 is 15.0 Å². The molecule has 0 radical (unpaired) electrons. The highest BCUT2D eigenvalue weighted by Crippen LogP contribution is 2.40. The zero-order valence-electron chi connectivity index (χ0n) is 10.3. The minimum absolute atomic E-state index is 0.00530. The number of rotatable bonds is 2. The number of hydrogen-bond acceptors (Lipinski definition) is 3. The fourth-order valence-electron chi connectivity index (χ4n) is 3.66. The fourth-order valence-corrected chi connectivity index (χ4v) is 3.66. The van der Waals surface area contributed by atoms with Crippen LogP contribution in [0.4, 0.5) is 0 Å². The summed E-state index contributed by atoms with van der Waals surface area (Å²) in [6, 6.07) is -0.117. The van der Waals surface area contributed by atoms with Crippen LogP contribution in [0, 0.1) is 5.92 Å². The first kappa shape index (κ1) is 10.8. The molecule has 1 saturated carbocycles. The molecule has 4 fully saturated rings. The van der Waals surface area contributed by atoms with E-state index in [0.717, 1.165) is 32.1 Å². The number of ether oxygens (including phenoxy) is 1. The molecule has 0 aromatic rings. The van der Waals surface area contributed by atoms with Crippen molar-refractivity contribution < 1.29 is 14.3 Å². The van der Waals surface area contributed by atoms with Gasteiger partial charge in [0.05, 0.1) is 18.2 Å². The van der Waals surface area contributed by atoms with Crippen molar-refractivity contribution in [3.63, 3.8) is 0 Å². The molecular formula is C13H18N2O3. The summed E-state index contributed by atoms with van der Waals surface area (Å²) in [5.41, 5.74) is 0. The zero-order chi connectivity index (χ0) is 12.3. The van der Waals surface area contributed by atoms with E-state index in [1.165, 1.54) is 0 Å². The van der Waals surface area contributed by atoms with Crippen LogP contribution in [0.2, 0.25) is 0 Å². The highest BCUT2D eigenvalue weighted by Gasteiger charge is 2.50. The van der Waals surface area contributed by atoms with Crippen molar-refractivity contribution in [3.05, 3.63) is 0 Å². The largest absolute Gasteiger partial charge is 0.373 e. The molecule has 2 bridgehead atoms. The molecule has 18 heavy (non-hydrogen) atoms. The Labute approximate surface area is 106 Å². The lowest BCUT2D eigenvalue weighted by Gasteiger charge is -2.38.